The van der Waals surface area contributed by atoms with E-state index in [1.807, 2.05) is 61.7 Å². The Labute approximate surface area is 166 Å². The van der Waals surface area contributed by atoms with E-state index < -0.39 is 0 Å². The number of nitrogens with zero attached hydrogens (tertiary/aromatic N) is 1. The molecule has 0 saturated heterocycles. The van der Waals surface area contributed by atoms with Gasteiger partial charge in [-0.25, -0.2) is 4.98 Å². The normalized spacial score (nSPS) is 10.7. The zero-order valence-electron chi connectivity index (χ0n) is 14.6. The molecule has 0 aliphatic carbocycles. The summed E-state index contributed by atoms with van der Waals surface area (Å²) >= 11 is 9.14. The number of carbonyl (C=O) groups excluding carboxylic acids is 1. The van der Waals surface area contributed by atoms with Crippen molar-refractivity contribution < 1.29 is 4.79 Å². The Morgan fingerprint density at radius 1 is 1.19 bits per heavy atom. The predicted octanol–water partition coefficient (Wildman–Crippen LogP) is 5.89. The van der Waals surface area contributed by atoms with Gasteiger partial charge in [0.2, 0.25) is 5.91 Å². The number of carbonyl (C=O) groups is 1. The molecule has 3 nitrogen and oxygen atoms in total. The van der Waals surface area contributed by atoms with Gasteiger partial charge in [0.25, 0.3) is 0 Å². The van der Waals surface area contributed by atoms with Crippen molar-refractivity contribution in [1.82, 2.24) is 4.98 Å². The molecule has 1 aromatic heterocycles. The van der Waals surface area contributed by atoms with E-state index in [1.54, 1.807) is 23.1 Å². The Bertz CT molecular complexity index is 906. The summed E-state index contributed by atoms with van der Waals surface area (Å²) in [5.41, 5.74) is 5.05. The third-order valence-electron chi connectivity index (χ3n) is 3.82. The van der Waals surface area contributed by atoms with Crippen LogP contribution in [0.1, 0.15) is 22.4 Å². The molecule has 0 atom stereocenters. The third-order valence-corrected chi connectivity index (χ3v) is 6.21. The molecule has 6 heteroatoms. The molecule has 0 aliphatic heterocycles. The van der Waals surface area contributed by atoms with Crippen LogP contribution in [-0.4, -0.2) is 10.9 Å². The molecule has 0 fully saturated rings. The number of aryl methyl sites for hydroxylation is 2. The number of benzene rings is 2. The molecule has 3 rings (SSSR count). The standard InChI is InChI=1S/C20H19ClN2OS2/c1-13-3-4-14(2)18(9-13)23-19(24)10-17-12-26-20(22-17)25-11-15-5-7-16(21)8-6-15/h3-9,12H,10-11H2,1-2H3,(H,23,24). The lowest BCUT2D eigenvalue weighted by Gasteiger charge is -2.08. The maximum absolute atomic E-state index is 12.3. The summed E-state index contributed by atoms with van der Waals surface area (Å²) in [4.78, 5) is 16.9. The molecular formula is C20H19ClN2OS2. The maximum atomic E-state index is 12.3. The molecule has 0 spiro atoms. The van der Waals surface area contributed by atoms with Gasteiger partial charge < -0.3 is 5.32 Å². The summed E-state index contributed by atoms with van der Waals surface area (Å²) in [6.07, 6.45) is 0.283. The summed E-state index contributed by atoms with van der Waals surface area (Å²) in [5.74, 6) is 0.789. The molecule has 0 unspecified atom stereocenters. The van der Waals surface area contributed by atoms with Gasteiger partial charge in [0, 0.05) is 21.8 Å². The van der Waals surface area contributed by atoms with Gasteiger partial charge >= 0.3 is 0 Å². The van der Waals surface area contributed by atoms with E-state index in [0.29, 0.717) is 0 Å². The average molecular weight is 403 g/mol. The summed E-state index contributed by atoms with van der Waals surface area (Å²) < 4.78 is 0.967. The van der Waals surface area contributed by atoms with Gasteiger partial charge in [0.15, 0.2) is 0 Å². The van der Waals surface area contributed by atoms with Gasteiger partial charge in [-0.15, -0.1) is 11.3 Å². The van der Waals surface area contributed by atoms with E-state index in [0.717, 1.165) is 37.6 Å². The fraction of sp³-hybridized carbons (Fsp3) is 0.200. The third kappa shape index (κ3) is 5.34. The first-order valence-electron chi connectivity index (χ1n) is 8.18. The van der Waals surface area contributed by atoms with Crippen LogP contribution in [0.25, 0.3) is 0 Å². The van der Waals surface area contributed by atoms with Crippen LogP contribution in [0.3, 0.4) is 0 Å². The number of amides is 1. The number of halogens is 1. The zero-order valence-corrected chi connectivity index (χ0v) is 17.0. The second-order valence-corrected chi connectivity index (χ2v) is 8.58. The number of nitrogens with one attached hydrogen (secondary N) is 1. The highest BCUT2D eigenvalue weighted by atomic mass is 35.5. The van der Waals surface area contributed by atoms with Crippen molar-refractivity contribution >= 4 is 46.3 Å². The van der Waals surface area contributed by atoms with E-state index in [4.69, 9.17) is 11.6 Å². The number of thiazole rings is 1. The number of rotatable bonds is 6. The Morgan fingerprint density at radius 3 is 2.73 bits per heavy atom. The summed E-state index contributed by atoms with van der Waals surface area (Å²) in [6.45, 7) is 4.00. The summed E-state index contributed by atoms with van der Waals surface area (Å²) in [6, 6.07) is 13.9. The Morgan fingerprint density at radius 2 is 1.96 bits per heavy atom. The molecule has 0 aliphatic rings. The van der Waals surface area contributed by atoms with Crippen LogP contribution in [0.15, 0.2) is 52.2 Å². The van der Waals surface area contributed by atoms with Crippen LogP contribution in [0, 0.1) is 13.8 Å². The molecule has 0 bridgehead atoms. The number of aromatic nitrogens is 1. The monoisotopic (exact) mass is 402 g/mol. The Hall–Kier alpha value is -1.82. The van der Waals surface area contributed by atoms with Crippen molar-refractivity contribution in [1.29, 1.82) is 0 Å². The summed E-state index contributed by atoms with van der Waals surface area (Å²) in [5, 5.41) is 5.67. The highest BCUT2D eigenvalue weighted by molar-refractivity contribution is 8.00. The van der Waals surface area contributed by atoms with Crippen LogP contribution < -0.4 is 5.32 Å². The number of thioether (sulfide) groups is 1. The molecule has 1 N–H and O–H groups in total. The van der Waals surface area contributed by atoms with Crippen molar-refractivity contribution in [3.05, 3.63) is 75.3 Å². The number of hydrogen-bond acceptors (Lipinski definition) is 4. The van der Waals surface area contributed by atoms with Gasteiger partial charge in [-0.1, -0.05) is 47.6 Å². The average Bonchev–Trinajstić information content (AvgIpc) is 3.05. The van der Waals surface area contributed by atoms with Gasteiger partial charge in [-0.05, 0) is 48.7 Å². The largest absolute Gasteiger partial charge is 0.325 e. The van der Waals surface area contributed by atoms with Crippen molar-refractivity contribution in [2.45, 2.75) is 30.4 Å². The molecule has 134 valence electrons. The smallest absolute Gasteiger partial charge is 0.230 e. The van der Waals surface area contributed by atoms with E-state index in [2.05, 4.69) is 10.3 Å². The first-order chi connectivity index (χ1) is 12.5. The molecule has 1 heterocycles. The van der Waals surface area contributed by atoms with E-state index in [9.17, 15) is 4.79 Å². The number of anilines is 1. The summed E-state index contributed by atoms with van der Waals surface area (Å²) in [7, 11) is 0. The highest BCUT2D eigenvalue weighted by Crippen LogP contribution is 2.27. The highest BCUT2D eigenvalue weighted by Gasteiger charge is 2.10. The van der Waals surface area contributed by atoms with Crippen LogP contribution >= 0.6 is 34.7 Å². The Balaban J connectivity index is 1.55. The minimum atomic E-state index is -0.0433. The fourth-order valence-corrected chi connectivity index (χ4v) is 4.32. The molecule has 3 aromatic rings. The van der Waals surface area contributed by atoms with E-state index >= 15 is 0 Å². The van der Waals surface area contributed by atoms with Crippen LogP contribution in [0.2, 0.25) is 5.02 Å². The lowest BCUT2D eigenvalue weighted by Crippen LogP contribution is -2.15. The molecule has 1 amide bonds. The van der Waals surface area contributed by atoms with Gasteiger partial charge in [-0.2, -0.15) is 0 Å². The zero-order chi connectivity index (χ0) is 18.5. The Kier molecular flexibility index (Phi) is 6.35. The SMILES string of the molecule is Cc1ccc(C)c(NC(=O)Cc2csc(SCc3ccc(Cl)cc3)n2)c1. The topological polar surface area (TPSA) is 42.0 Å². The van der Waals surface area contributed by atoms with Crippen molar-refractivity contribution in [3.63, 3.8) is 0 Å². The molecular weight excluding hydrogens is 384 g/mol. The van der Waals surface area contributed by atoms with E-state index in [-0.39, 0.29) is 12.3 Å². The van der Waals surface area contributed by atoms with E-state index in [1.165, 1.54) is 5.56 Å². The van der Waals surface area contributed by atoms with Crippen LogP contribution in [-0.2, 0) is 17.0 Å². The lowest BCUT2D eigenvalue weighted by atomic mass is 10.1. The van der Waals surface area contributed by atoms with Crippen molar-refractivity contribution in [2.24, 2.45) is 0 Å². The molecule has 0 saturated carbocycles. The van der Waals surface area contributed by atoms with Crippen molar-refractivity contribution in [2.75, 3.05) is 5.32 Å². The first kappa shape index (κ1) is 19.0. The van der Waals surface area contributed by atoms with Gasteiger partial charge in [0.1, 0.15) is 4.34 Å². The molecule has 26 heavy (non-hydrogen) atoms. The predicted molar refractivity (Wildman–Crippen MR) is 111 cm³/mol. The van der Waals surface area contributed by atoms with Crippen LogP contribution in [0.4, 0.5) is 5.69 Å². The first-order valence-corrected chi connectivity index (χ1v) is 10.4. The minimum absolute atomic E-state index is 0.0433. The lowest BCUT2D eigenvalue weighted by molar-refractivity contribution is -0.115. The van der Waals surface area contributed by atoms with Gasteiger partial charge in [-0.3, -0.25) is 4.79 Å². The minimum Gasteiger partial charge on any atom is -0.325 e. The van der Waals surface area contributed by atoms with Crippen molar-refractivity contribution in [3.8, 4) is 0 Å². The quantitative estimate of drug-likeness (QED) is 0.523. The second kappa shape index (κ2) is 8.71. The van der Waals surface area contributed by atoms with Crippen LogP contribution in [0.5, 0.6) is 0 Å². The van der Waals surface area contributed by atoms with Gasteiger partial charge in [0.05, 0.1) is 12.1 Å². The molecule has 2 aromatic carbocycles. The maximum Gasteiger partial charge on any atom is 0.230 e. The second-order valence-electron chi connectivity index (χ2n) is 6.06. The molecule has 0 radical (unpaired) electrons. The fourth-order valence-electron chi connectivity index (χ4n) is 2.39. The number of hydrogen-bond donors (Lipinski definition) is 1.